The summed E-state index contributed by atoms with van der Waals surface area (Å²) in [5.74, 6) is 0.0974. The van der Waals surface area contributed by atoms with Crippen molar-refractivity contribution in [3.8, 4) is 0 Å². The number of fused-ring (bicyclic) bond motifs is 1. The minimum Gasteiger partial charge on any atom is -0.356 e. The van der Waals surface area contributed by atoms with Crippen LogP contribution in [0.4, 0.5) is 0 Å². The zero-order valence-corrected chi connectivity index (χ0v) is 19.5. The van der Waals surface area contributed by atoms with E-state index in [1.54, 1.807) is 0 Å². The highest BCUT2D eigenvalue weighted by atomic mass is 16.1. The van der Waals surface area contributed by atoms with Crippen molar-refractivity contribution in [1.29, 1.82) is 0 Å². The monoisotopic (exact) mass is 434 g/mol. The van der Waals surface area contributed by atoms with Crippen molar-refractivity contribution >= 4 is 11.6 Å². The Morgan fingerprint density at radius 3 is 2.94 bits per heavy atom. The third-order valence-corrected chi connectivity index (χ3v) is 6.42. The summed E-state index contributed by atoms with van der Waals surface area (Å²) in [6.45, 7) is 8.87. The van der Waals surface area contributed by atoms with Crippen molar-refractivity contribution in [3.05, 3.63) is 58.8 Å². The van der Waals surface area contributed by atoms with Gasteiger partial charge in [-0.2, -0.15) is 5.10 Å². The van der Waals surface area contributed by atoms with Crippen molar-refractivity contribution in [2.75, 3.05) is 13.1 Å². The molecule has 4 rings (SSSR count). The Morgan fingerprint density at radius 1 is 1.28 bits per heavy atom. The smallest absolute Gasteiger partial charge is 0.220 e. The number of carbonyl (C=O) groups is 1. The highest BCUT2D eigenvalue weighted by Crippen LogP contribution is 2.32. The Balaban J connectivity index is 1.57. The molecule has 0 spiro atoms. The molecule has 0 bridgehead atoms. The second kappa shape index (κ2) is 10.2. The molecule has 0 aromatic carbocycles. The first-order valence-corrected chi connectivity index (χ1v) is 11.8. The summed E-state index contributed by atoms with van der Waals surface area (Å²) < 4.78 is 1.97. The Morgan fingerprint density at radius 2 is 2.16 bits per heavy atom. The molecule has 32 heavy (non-hydrogen) atoms. The van der Waals surface area contributed by atoms with E-state index in [0.29, 0.717) is 12.8 Å². The largest absolute Gasteiger partial charge is 0.356 e. The van der Waals surface area contributed by atoms with Crippen LogP contribution in [0, 0.1) is 13.8 Å². The maximum absolute atomic E-state index is 12.1. The highest BCUT2D eigenvalue weighted by molar-refractivity contribution is 5.76. The lowest BCUT2D eigenvalue weighted by Crippen LogP contribution is -2.33. The molecule has 1 amide bonds. The van der Waals surface area contributed by atoms with Crippen LogP contribution >= 0.6 is 0 Å². The summed E-state index contributed by atoms with van der Waals surface area (Å²) in [7, 11) is 0. The van der Waals surface area contributed by atoms with Crippen LogP contribution in [0.3, 0.4) is 0 Å². The molecule has 0 radical (unpaired) electrons. The highest BCUT2D eigenvalue weighted by Gasteiger charge is 2.27. The summed E-state index contributed by atoms with van der Waals surface area (Å²) in [5, 5.41) is 7.96. The summed E-state index contributed by atoms with van der Waals surface area (Å²) >= 11 is 0. The van der Waals surface area contributed by atoms with Crippen LogP contribution in [0.1, 0.15) is 73.3 Å². The van der Waals surface area contributed by atoms with Gasteiger partial charge in [0.1, 0.15) is 0 Å². The Hall–Kier alpha value is -2.80. The van der Waals surface area contributed by atoms with Gasteiger partial charge in [-0.1, -0.05) is 19.4 Å². The van der Waals surface area contributed by atoms with Gasteiger partial charge in [-0.25, -0.2) is 9.50 Å². The first-order chi connectivity index (χ1) is 15.6. The van der Waals surface area contributed by atoms with Crippen LogP contribution in [0.5, 0.6) is 0 Å². The van der Waals surface area contributed by atoms with E-state index in [4.69, 9.17) is 10.1 Å². The van der Waals surface area contributed by atoms with Gasteiger partial charge in [0.2, 0.25) is 5.91 Å². The average molecular weight is 435 g/mol. The number of amides is 1. The fourth-order valence-electron chi connectivity index (χ4n) is 4.70. The number of hydrogen-bond donors (Lipinski definition) is 1. The van der Waals surface area contributed by atoms with E-state index in [0.717, 1.165) is 60.8 Å². The number of pyridine rings is 1. The predicted molar refractivity (Wildman–Crippen MR) is 125 cm³/mol. The lowest BCUT2D eigenvalue weighted by Gasteiger charge is -2.34. The van der Waals surface area contributed by atoms with Crippen LogP contribution in [-0.2, 0) is 17.8 Å². The second-order valence-corrected chi connectivity index (χ2v) is 8.79. The first kappa shape index (κ1) is 22.4. The summed E-state index contributed by atoms with van der Waals surface area (Å²) in [4.78, 5) is 23.7. The van der Waals surface area contributed by atoms with Crippen molar-refractivity contribution < 1.29 is 4.79 Å². The quantitative estimate of drug-likeness (QED) is 0.581. The van der Waals surface area contributed by atoms with E-state index >= 15 is 0 Å². The first-order valence-electron chi connectivity index (χ1n) is 11.8. The average Bonchev–Trinajstić information content (AvgIpc) is 3.22. The molecular weight excluding hydrogens is 400 g/mol. The molecule has 170 valence electrons. The zero-order valence-electron chi connectivity index (χ0n) is 19.5. The van der Waals surface area contributed by atoms with Gasteiger partial charge in [0.25, 0.3) is 0 Å². The number of rotatable bonds is 8. The molecule has 3 aromatic heterocycles. The minimum absolute atomic E-state index is 0.0974. The normalized spacial score (nSPS) is 17.0. The molecule has 4 heterocycles. The molecule has 1 aliphatic heterocycles. The topological polar surface area (TPSA) is 75.4 Å². The molecule has 1 aliphatic rings. The van der Waals surface area contributed by atoms with Gasteiger partial charge >= 0.3 is 0 Å². The van der Waals surface area contributed by atoms with Gasteiger partial charge in [-0.15, -0.1) is 0 Å². The van der Waals surface area contributed by atoms with Gasteiger partial charge in [-0.05, 0) is 63.3 Å². The van der Waals surface area contributed by atoms with E-state index in [1.165, 1.54) is 18.4 Å². The number of likely N-dealkylation sites (tertiary alicyclic amines) is 1. The van der Waals surface area contributed by atoms with E-state index < -0.39 is 0 Å². The maximum Gasteiger partial charge on any atom is 0.220 e. The predicted octanol–water partition coefficient (Wildman–Crippen LogP) is 3.93. The number of aromatic nitrogens is 4. The van der Waals surface area contributed by atoms with Gasteiger partial charge in [0, 0.05) is 49.4 Å². The Bertz CT molecular complexity index is 1060. The molecule has 0 saturated carbocycles. The molecule has 3 aromatic rings. The van der Waals surface area contributed by atoms with Crippen LogP contribution in [0.15, 0.2) is 30.6 Å². The zero-order chi connectivity index (χ0) is 22.5. The minimum atomic E-state index is 0.0974. The lowest BCUT2D eigenvalue weighted by atomic mass is 9.99. The van der Waals surface area contributed by atoms with Crippen molar-refractivity contribution in [1.82, 2.24) is 29.8 Å². The van der Waals surface area contributed by atoms with Gasteiger partial charge in [-0.3, -0.25) is 14.7 Å². The molecular formula is C25H34N6O. The molecule has 1 fully saturated rings. The second-order valence-electron chi connectivity index (χ2n) is 8.79. The molecule has 1 saturated heterocycles. The molecule has 1 atom stereocenters. The fraction of sp³-hybridized carbons (Fsp3) is 0.520. The van der Waals surface area contributed by atoms with Gasteiger partial charge < -0.3 is 5.32 Å². The number of aryl methyl sites for hydroxylation is 2. The third kappa shape index (κ3) is 4.99. The lowest BCUT2D eigenvalue weighted by molar-refractivity contribution is -0.121. The van der Waals surface area contributed by atoms with E-state index in [1.807, 2.05) is 29.9 Å². The van der Waals surface area contributed by atoms with Crippen molar-refractivity contribution in [2.45, 2.75) is 71.9 Å². The van der Waals surface area contributed by atoms with Crippen molar-refractivity contribution in [3.63, 3.8) is 0 Å². The van der Waals surface area contributed by atoms with Gasteiger partial charge in [0.05, 0.1) is 11.7 Å². The summed E-state index contributed by atoms with van der Waals surface area (Å²) in [6, 6.07) is 6.57. The maximum atomic E-state index is 12.1. The third-order valence-electron chi connectivity index (χ3n) is 6.42. The summed E-state index contributed by atoms with van der Waals surface area (Å²) in [6.07, 6.45) is 9.41. The van der Waals surface area contributed by atoms with E-state index in [9.17, 15) is 4.79 Å². The van der Waals surface area contributed by atoms with Crippen molar-refractivity contribution in [2.24, 2.45) is 0 Å². The number of piperidine rings is 1. The SMILES string of the molecule is CCCNC(=O)CCc1c(C)nc2cc([C@H]3CCCCN3Cc3cccnc3)nn2c1C. The van der Waals surface area contributed by atoms with Crippen LogP contribution < -0.4 is 5.32 Å². The fourth-order valence-corrected chi connectivity index (χ4v) is 4.70. The number of carbonyl (C=O) groups excluding carboxylic acids is 1. The summed E-state index contributed by atoms with van der Waals surface area (Å²) in [5.41, 5.74) is 6.39. The number of nitrogens with one attached hydrogen (secondary N) is 1. The Labute approximate surface area is 190 Å². The Kier molecular flexibility index (Phi) is 7.15. The molecule has 1 N–H and O–H groups in total. The van der Waals surface area contributed by atoms with Gasteiger partial charge in [0.15, 0.2) is 5.65 Å². The molecule has 0 aliphatic carbocycles. The number of hydrogen-bond acceptors (Lipinski definition) is 5. The number of nitrogens with zero attached hydrogens (tertiary/aromatic N) is 5. The van der Waals surface area contributed by atoms with Crippen LogP contribution in [-0.4, -0.2) is 43.5 Å². The van der Waals surface area contributed by atoms with E-state index in [2.05, 4.69) is 41.2 Å². The standard InChI is InChI=1S/C25H34N6O/c1-4-12-27-25(32)11-10-21-18(2)28-24-15-22(29-31(24)19(21)3)23-9-5-6-14-30(23)17-20-8-7-13-26-16-20/h7-8,13,15-16,23H,4-6,9-12,14,17H2,1-3H3,(H,27,32)/t23-/m1/s1. The van der Waals surface area contributed by atoms with Crippen LogP contribution in [0.2, 0.25) is 0 Å². The molecule has 0 unspecified atom stereocenters. The van der Waals surface area contributed by atoms with E-state index in [-0.39, 0.29) is 11.9 Å². The molecule has 7 nitrogen and oxygen atoms in total. The molecule has 7 heteroatoms. The van der Waals surface area contributed by atoms with Crippen LogP contribution in [0.25, 0.3) is 5.65 Å².